The van der Waals surface area contributed by atoms with Crippen molar-refractivity contribution in [3.05, 3.63) is 89.2 Å². The molecule has 2 aliphatic heterocycles. The number of aromatic nitrogens is 1. The number of halogens is 3. The van der Waals surface area contributed by atoms with Gasteiger partial charge in [-0.3, -0.25) is 9.78 Å². The fraction of sp³-hybridized carbons (Fsp3) is 0.333. The Balaban J connectivity index is 1.44. The fourth-order valence-electron chi connectivity index (χ4n) is 5.10. The van der Waals surface area contributed by atoms with Crippen molar-refractivity contribution >= 4 is 17.3 Å². The van der Waals surface area contributed by atoms with Gasteiger partial charge in [0.1, 0.15) is 0 Å². The number of piperazine rings is 1. The number of amides is 1. The van der Waals surface area contributed by atoms with Crippen molar-refractivity contribution in [3.8, 4) is 0 Å². The Morgan fingerprint density at radius 2 is 1.89 bits per heavy atom. The van der Waals surface area contributed by atoms with E-state index in [1.165, 1.54) is 11.6 Å². The highest BCUT2D eigenvalue weighted by Gasteiger charge is 2.42. The molecule has 2 aliphatic rings. The molecule has 182 valence electrons. The van der Waals surface area contributed by atoms with Crippen LogP contribution in [0.5, 0.6) is 0 Å². The SMILES string of the molecule is Cc1ccc(N2CCN3c4ccc(C(F)(F)F)cc4C[C@@H](C(=O)NCc4ccccn4)[C@H]3C2)cc1. The topological polar surface area (TPSA) is 48.5 Å². The van der Waals surface area contributed by atoms with Crippen LogP contribution in [0.2, 0.25) is 0 Å². The quantitative estimate of drug-likeness (QED) is 0.594. The Labute approximate surface area is 202 Å². The summed E-state index contributed by atoms with van der Waals surface area (Å²) in [6.07, 6.45) is -2.50. The van der Waals surface area contributed by atoms with Gasteiger partial charge in [0.2, 0.25) is 5.91 Å². The molecule has 5 rings (SSSR count). The number of fused-ring (bicyclic) bond motifs is 3. The Morgan fingerprint density at radius 1 is 1.09 bits per heavy atom. The van der Waals surface area contributed by atoms with E-state index in [0.29, 0.717) is 18.7 Å². The lowest BCUT2D eigenvalue weighted by molar-refractivity contribution is -0.137. The summed E-state index contributed by atoms with van der Waals surface area (Å²) in [5.74, 6) is -0.651. The van der Waals surface area contributed by atoms with Crippen LogP contribution in [-0.4, -0.2) is 36.6 Å². The summed E-state index contributed by atoms with van der Waals surface area (Å²) in [4.78, 5) is 22.0. The van der Waals surface area contributed by atoms with E-state index in [4.69, 9.17) is 0 Å². The van der Waals surface area contributed by atoms with Gasteiger partial charge < -0.3 is 15.1 Å². The average molecular weight is 481 g/mol. The summed E-state index contributed by atoms with van der Waals surface area (Å²) < 4.78 is 40.2. The number of carbonyl (C=O) groups is 1. The Hall–Kier alpha value is -3.55. The van der Waals surface area contributed by atoms with Crippen molar-refractivity contribution in [1.82, 2.24) is 10.3 Å². The number of nitrogens with zero attached hydrogens (tertiary/aromatic N) is 3. The van der Waals surface area contributed by atoms with Gasteiger partial charge in [-0.25, -0.2) is 0 Å². The number of hydrogen-bond donors (Lipinski definition) is 1. The molecule has 1 saturated heterocycles. The largest absolute Gasteiger partial charge is 0.416 e. The molecule has 2 atom stereocenters. The lowest BCUT2D eigenvalue weighted by Gasteiger charge is -2.49. The van der Waals surface area contributed by atoms with Gasteiger partial charge in [-0.15, -0.1) is 0 Å². The zero-order valence-corrected chi connectivity index (χ0v) is 19.4. The third-order valence-electron chi connectivity index (χ3n) is 6.94. The maximum Gasteiger partial charge on any atom is 0.416 e. The van der Waals surface area contributed by atoms with Crippen LogP contribution in [-0.2, 0) is 23.9 Å². The molecule has 0 radical (unpaired) electrons. The van der Waals surface area contributed by atoms with E-state index >= 15 is 0 Å². The third kappa shape index (κ3) is 4.83. The van der Waals surface area contributed by atoms with Crippen LogP contribution in [0.3, 0.4) is 0 Å². The predicted octanol–water partition coefficient (Wildman–Crippen LogP) is 4.59. The van der Waals surface area contributed by atoms with Crippen LogP contribution < -0.4 is 15.1 Å². The summed E-state index contributed by atoms with van der Waals surface area (Å²) in [5, 5.41) is 2.97. The number of nitrogens with one attached hydrogen (secondary N) is 1. The van der Waals surface area contributed by atoms with Crippen LogP contribution in [0.25, 0.3) is 0 Å². The number of carbonyl (C=O) groups excluding carboxylic acids is 1. The number of rotatable bonds is 4. The molecule has 0 aliphatic carbocycles. The second-order valence-corrected chi connectivity index (χ2v) is 9.23. The number of anilines is 2. The number of alkyl halides is 3. The highest BCUT2D eigenvalue weighted by molar-refractivity contribution is 5.82. The maximum atomic E-state index is 13.4. The molecule has 0 spiro atoms. The number of pyridine rings is 1. The summed E-state index contributed by atoms with van der Waals surface area (Å²) in [6, 6.07) is 17.5. The molecule has 0 saturated carbocycles. The lowest BCUT2D eigenvalue weighted by Crippen LogP contribution is -2.61. The van der Waals surface area contributed by atoms with Crippen molar-refractivity contribution in [3.63, 3.8) is 0 Å². The highest BCUT2D eigenvalue weighted by Crippen LogP contribution is 2.40. The first-order valence-electron chi connectivity index (χ1n) is 11.8. The van der Waals surface area contributed by atoms with Gasteiger partial charge in [-0.2, -0.15) is 13.2 Å². The summed E-state index contributed by atoms with van der Waals surface area (Å²) in [7, 11) is 0. The van der Waals surface area contributed by atoms with Crippen molar-refractivity contribution in [2.75, 3.05) is 29.4 Å². The molecule has 3 heterocycles. The molecule has 8 heteroatoms. The second kappa shape index (κ2) is 9.24. The minimum Gasteiger partial charge on any atom is -0.368 e. The van der Waals surface area contributed by atoms with Gasteiger partial charge >= 0.3 is 6.18 Å². The molecule has 1 aromatic heterocycles. The van der Waals surface area contributed by atoms with Gasteiger partial charge in [0.15, 0.2) is 0 Å². The number of benzene rings is 2. The summed E-state index contributed by atoms with van der Waals surface area (Å²) in [5.41, 5.74) is 3.67. The van der Waals surface area contributed by atoms with Gasteiger partial charge in [-0.05, 0) is 61.4 Å². The Kier molecular flexibility index (Phi) is 6.13. The van der Waals surface area contributed by atoms with Crippen molar-refractivity contribution in [1.29, 1.82) is 0 Å². The second-order valence-electron chi connectivity index (χ2n) is 9.23. The molecular formula is C27H27F3N4O. The zero-order valence-electron chi connectivity index (χ0n) is 19.4. The van der Waals surface area contributed by atoms with E-state index in [9.17, 15) is 18.0 Å². The van der Waals surface area contributed by atoms with E-state index in [0.717, 1.165) is 29.7 Å². The first-order valence-corrected chi connectivity index (χ1v) is 11.8. The minimum atomic E-state index is -4.42. The first kappa shape index (κ1) is 23.2. The van der Waals surface area contributed by atoms with E-state index in [-0.39, 0.29) is 24.9 Å². The highest BCUT2D eigenvalue weighted by atomic mass is 19.4. The van der Waals surface area contributed by atoms with Gasteiger partial charge in [0, 0.05) is 37.2 Å². The van der Waals surface area contributed by atoms with E-state index < -0.39 is 17.7 Å². The van der Waals surface area contributed by atoms with Crippen LogP contribution >= 0.6 is 0 Å². The molecule has 3 aromatic rings. The summed E-state index contributed by atoms with van der Waals surface area (Å²) in [6.45, 7) is 4.28. The molecule has 1 fully saturated rings. The Morgan fingerprint density at radius 3 is 2.60 bits per heavy atom. The maximum absolute atomic E-state index is 13.4. The molecule has 35 heavy (non-hydrogen) atoms. The molecule has 1 amide bonds. The predicted molar refractivity (Wildman–Crippen MR) is 129 cm³/mol. The summed E-state index contributed by atoms with van der Waals surface area (Å²) >= 11 is 0. The van der Waals surface area contributed by atoms with Crippen LogP contribution in [0.4, 0.5) is 24.5 Å². The molecular weight excluding hydrogens is 453 g/mol. The van der Waals surface area contributed by atoms with Crippen molar-refractivity contribution < 1.29 is 18.0 Å². The molecule has 2 aromatic carbocycles. The van der Waals surface area contributed by atoms with E-state index in [1.54, 1.807) is 18.3 Å². The smallest absolute Gasteiger partial charge is 0.368 e. The van der Waals surface area contributed by atoms with Crippen molar-refractivity contribution in [2.24, 2.45) is 5.92 Å². The normalized spacial score (nSPS) is 19.7. The number of hydrogen-bond acceptors (Lipinski definition) is 4. The molecule has 0 unspecified atom stereocenters. The number of aryl methyl sites for hydroxylation is 1. The molecule has 1 N–H and O–H groups in total. The lowest BCUT2D eigenvalue weighted by atomic mass is 9.82. The van der Waals surface area contributed by atoms with E-state index in [1.807, 2.05) is 19.1 Å². The van der Waals surface area contributed by atoms with E-state index in [2.05, 4.69) is 44.4 Å². The molecule has 0 bridgehead atoms. The van der Waals surface area contributed by atoms with Gasteiger partial charge in [-0.1, -0.05) is 23.8 Å². The minimum absolute atomic E-state index is 0.155. The van der Waals surface area contributed by atoms with Gasteiger partial charge in [0.25, 0.3) is 0 Å². The monoisotopic (exact) mass is 480 g/mol. The molecule has 5 nitrogen and oxygen atoms in total. The zero-order chi connectivity index (χ0) is 24.6. The van der Waals surface area contributed by atoms with Gasteiger partial charge in [0.05, 0.1) is 29.8 Å². The fourth-order valence-corrected chi connectivity index (χ4v) is 5.10. The van der Waals surface area contributed by atoms with Crippen LogP contribution in [0.1, 0.15) is 22.4 Å². The first-order chi connectivity index (χ1) is 16.8. The van der Waals surface area contributed by atoms with Crippen LogP contribution in [0, 0.1) is 12.8 Å². The third-order valence-corrected chi connectivity index (χ3v) is 6.94. The standard InChI is InChI=1S/C27H27F3N4O/c1-18-5-8-22(9-6-18)33-12-13-34-24-10-7-20(27(28,29)30)14-19(24)15-23(25(34)17-33)26(35)32-16-21-4-2-3-11-31-21/h2-11,14,23,25H,12-13,15-17H2,1H3,(H,32,35)/t23-,25-/m1/s1. The average Bonchev–Trinajstić information content (AvgIpc) is 2.86. The van der Waals surface area contributed by atoms with Crippen LogP contribution in [0.15, 0.2) is 66.9 Å². The Bertz CT molecular complexity index is 1200. The van der Waals surface area contributed by atoms with Crippen molar-refractivity contribution in [2.45, 2.75) is 32.1 Å².